The number of rotatable bonds is 4. The minimum Gasteiger partial charge on any atom is -0.468 e. The van der Waals surface area contributed by atoms with Crippen LogP contribution in [0.25, 0.3) is 0 Å². The third-order valence-electron chi connectivity index (χ3n) is 3.00. The molecular weight excluding hydrogens is 217 g/mol. The summed E-state index contributed by atoms with van der Waals surface area (Å²) < 4.78 is 18.1. The lowest BCUT2D eigenvalue weighted by Gasteiger charge is -2.24. The van der Waals surface area contributed by atoms with Crippen LogP contribution >= 0.6 is 0 Å². The Balaban J connectivity index is 2.04. The molecule has 3 heteroatoms. The van der Waals surface area contributed by atoms with Crippen molar-refractivity contribution in [2.45, 2.75) is 19.5 Å². The highest BCUT2D eigenvalue weighted by Gasteiger charge is 2.12. The normalized spacial score (nSPS) is 12.9. The van der Waals surface area contributed by atoms with E-state index in [0.717, 1.165) is 17.9 Å². The smallest absolute Gasteiger partial charge is 0.123 e. The monoisotopic (exact) mass is 233 g/mol. The van der Waals surface area contributed by atoms with Crippen molar-refractivity contribution in [1.82, 2.24) is 4.90 Å². The molecule has 0 spiro atoms. The first-order valence-corrected chi connectivity index (χ1v) is 5.65. The van der Waals surface area contributed by atoms with Crippen LogP contribution in [0.1, 0.15) is 24.3 Å². The highest BCUT2D eigenvalue weighted by Crippen LogP contribution is 2.20. The predicted molar refractivity (Wildman–Crippen MR) is 65.0 cm³/mol. The third kappa shape index (κ3) is 2.94. The fraction of sp³-hybridized carbons (Fsp3) is 0.286. The van der Waals surface area contributed by atoms with Crippen LogP contribution in [0.4, 0.5) is 4.39 Å². The van der Waals surface area contributed by atoms with E-state index in [1.807, 2.05) is 31.3 Å². The highest BCUT2D eigenvalue weighted by molar-refractivity contribution is 5.19. The quantitative estimate of drug-likeness (QED) is 0.802. The van der Waals surface area contributed by atoms with Crippen LogP contribution in [0.5, 0.6) is 0 Å². The Morgan fingerprint density at radius 2 is 1.94 bits per heavy atom. The van der Waals surface area contributed by atoms with Crippen molar-refractivity contribution >= 4 is 0 Å². The van der Waals surface area contributed by atoms with Crippen LogP contribution in [-0.2, 0) is 6.54 Å². The Kier molecular flexibility index (Phi) is 3.59. The van der Waals surface area contributed by atoms with Crippen LogP contribution in [0.3, 0.4) is 0 Å². The molecule has 2 aromatic rings. The molecule has 0 aliphatic carbocycles. The summed E-state index contributed by atoms with van der Waals surface area (Å²) in [6.07, 6.45) is 1.67. The number of halogens is 1. The standard InChI is InChI=1S/C14H16FNO/c1-11(12-5-7-13(15)8-6-12)16(2)10-14-4-3-9-17-14/h3-9,11H,10H2,1-2H3/t11-/m0/s1. The van der Waals surface area contributed by atoms with Gasteiger partial charge in [0.05, 0.1) is 12.8 Å². The van der Waals surface area contributed by atoms with Crippen molar-refractivity contribution in [3.05, 3.63) is 59.8 Å². The van der Waals surface area contributed by atoms with Crippen molar-refractivity contribution in [2.75, 3.05) is 7.05 Å². The second-order valence-corrected chi connectivity index (χ2v) is 4.22. The molecule has 1 atom stereocenters. The summed E-state index contributed by atoms with van der Waals surface area (Å²) in [7, 11) is 2.02. The van der Waals surface area contributed by atoms with Gasteiger partial charge >= 0.3 is 0 Å². The van der Waals surface area contributed by atoms with Crippen LogP contribution < -0.4 is 0 Å². The van der Waals surface area contributed by atoms with E-state index < -0.39 is 0 Å². The zero-order valence-corrected chi connectivity index (χ0v) is 10.1. The summed E-state index contributed by atoms with van der Waals surface area (Å²) >= 11 is 0. The molecule has 0 amide bonds. The van der Waals surface area contributed by atoms with Gasteiger partial charge in [-0.2, -0.15) is 0 Å². The van der Waals surface area contributed by atoms with E-state index in [1.165, 1.54) is 12.1 Å². The number of benzene rings is 1. The summed E-state index contributed by atoms with van der Waals surface area (Å²) in [6.45, 7) is 2.84. The van der Waals surface area contributed by atoms with Crippen LogP contribution in [-0.4, -0.2) is 11.9 Å². The van der Waals surface area contributed by atoms with Crippen molar-refractivity contribution in [2.24, 2.45) is 0 Å². The van der Waals surface area contributed by atoms with Crippen LogP contribution in [0.15, 0.2) is 47.1 Å². The molecule has 90 valence electrons. The highest BCUT2D eigenvalue weighted by atomic mass is 19.1. The minimum absolute atomic E-state index is 0.199. The number of nitrogens with zero attached hydrogens (tertiary/aromatic N) is 1. The van der Waals surface area contributed by atoms with E-state index in [4.69, 9.17) is 4.42 Å². The molecule has 0 N–H and O–H groups in total. The summed E-state index contributed by atoms with van der Waals surface area (Å²) in [5.74, 6) is 0.732. The second kappa shape index (κ2) is 5.15. The average molecular weight is 233 g/mol. The molecule has 1 heterocycles. The molecule has 0 saturated carbocycles. The molecule has 1 aromatic carbocycles. The third-order valence-corrected chi connectivity index (χ3v) is 3.00. The largest absolute Gasteiger partial charge is 0.468 e. The Bertz CT molecular complexity index is 450. The number of hydrogen-bond acceptors (Lipinski definition) is 2. The van der Waals surface area contributed by atoms with E-state index in [9.17, 15) is 4.39 Å². The van der Waals surface area contributed by atoms with Crippen molar-refractivity contribution < 1.29 is 8.81 Å². The lowest BCUT2D eigenvalue weighted by molar-refractivity contribution is 0.232. The molecule has 0 fully saturated rings. The van der Waals surface area contributed by atoms with E-state index in [-0.39, 0.29) is 11.9 Å². The van der Waals surface area contributed by atoms with Crippen LogP contribution in [0.2, 0.25) is 0 Å². The van der Waals surface area contributed by atoms with Gasteiger partial charge in [-0.3, -0.25) is 4.90 Å². The first kappa shape index (κ1) is 11.9. The molecule has 2 nitrogen and oxygen atoms in total. The van der Waals surface area contributed by atoms with Crippen molar-refractivity contribution in [1.29, 1.82) is 0 Å². The molecule has 17 heavy (non-hydrogen) atoms. The maximum Gasteiger partial charge on any atom is 0.123 e. The lowest BCUT2D eigenvalue weighted by Crippen LogP contribution is -2.21. The molecule has 1 aromatic heterocycles. The number of hydrogen-bond donors (Lipinski definition) is 0. The lowest BCUT2D eigenvalue weighted by atomic mass is 10.1. The average Bonchev–Trinajstić information content (AvgIpc) is 2.82. The Hall–Kier alpha value is -1.61. The van der Waals surface area contributed by atoms with Gasteiger partial charge in [0.2, 0.25) is 0 Å². The molecule has 2 rings (SSSR count). The van der Waals surface area contributed by atoms with E-state index in [0.29, 0.717) is 0 Å². The van der Waals surface area contributed by atoms with Gasteiger partial charge in [-0.25, -0.2) is 4.39 Å². The maximum atomic E-state index is 12.8. The molecule has 0 bridgehead atoms. The summed E-state index contributed by atoms with van der Waals surface area (Å²) in [4.78, 5) is 2.16. The molecule has 0 aliphatic heterocycles. The zero-order chi connectivity index (χ0) is 12.3. The van der Waals surface area contributed by atoms with Gasteiger partial charge in [0.15, 0.2) is 0 Å². The Labute approximate surface area is 101 Å². The van der Waals surface area contributed by atoms with Gasteiger partial charge in [0, 0.05) is 6.04 Å². The van der Waals surface area contributed by atoms with Gasteiger partial charge < -0.3 is 4.42 Å². The van der Waals surface area contributed by atoms with Gasteiger partial charge in [-0.05, 0) is 43.8 Å². The maximum absolute atomic E-state index is 12.8. The van der Waals surface area contributed by atoms with E-state index in [1.54, 1.807) is 6.26 Å². The summed E-state index contributed by atoms with van der Waals surface area (Å²) in [5.41, 5.74) is 1.10. The van der Waals surface area contributed by atoms with Crippen LogP contribution in [0, 0.1) is 5.82 Å². The first-order chi connectivity index (χ1) is 8.16. The predicted octanol–water partition coefficient (Wildman–Crippen LogP) is 3.61. The number of furan rings is 1. The molecule has 0 saturated heterocycles. The molecule has 0 unspecified atom stereocenters. The van der Waals surface area contributed by atoms with Gasteiger partial charge in [-0.1, -0.05) is 12.1 Å². The molecule has 0 radical (unpaired) electrons. The summed E-state index contributed by atoms with van der Waals surface area (Å²) in [6, 6.07) is 10.7. The fourth-order valence-corrected chi connectivity index (χ4v) is 1.78. The minimum atomic E-state index is -0.199. The van der Waals surface area contributed by atoms with Crippen molar-refractivity contribution in [3.63, 3.8) is 0 Å². The fourth-order valence-electron chi connectivity index (χ4n) is 1.78. The second-order valence-electron chi connectivity index (χ2n) is 4.22. The van der Waals surface area contributed by atoms with E-state index in [2.05, 4.69) is 11.8 Å². The summed E-state index contributed by atoms with van der Waals surface area (Å²) in [5, 5.41) is 0. The van der Waals surface area contributed by atoms with Gasteiger partial charge in [0.25, 0.3) is 0 Å². The topological polar surface area (TPSA) is 16.4 Å². The molecule has 0 aliphatic rings. The Morgan fingerprint density at radius 1 is 1.24 bits per heavy atom. The van der Waals surface area contributed by atoms with Gasteiger partial charge in [0.1, 0.15) is 11.6 Å². The molecular formula is C14H16FNO. The van der Waals surface area contributed by atoms with Gasteiger partial charge in [-0.15, -0.1) is 0 Å². The zero-order valence-electron chi connectivity index (χ0n) is 10.1. The first-order valence-electron chi connectivity index (χ1n) is 5.65. The van der Waals surface area contributed by atoms with E-state index >= 15 is 0 Å². The Morgan fingerprint density at radius 3 is 2.53 bits per heavy atom. The van der Waals surface area contributed by atoms with Crippen molar-refractivity contribution in [3.8, 4) is 0 Å². The SMILES string of the molecule is C[C@@H](c1ccc(F)cc1)N(C)Cc1ccco1.